The number of ketones is 1. The Morgan fingerprint density at radius 1 is 1.04 bits per heavy atom. The van der Waals surface area contributed by atoms with E-state index in [9.17, 15) is 9.59 Å². The molecule has 3 rings (SSSR count). The number of thiophene rings is 2. The largest absolute Gasteiger partial charge is 0.349 e. The normalized spacial score (nSPS) is 11.9. The van der Waals surface area contributed by atoms with E-state index in [1.54, 1.807) is 41.7 Å². The third-order valence-corrected chi connectivity index (χ3v) is 5.26. The van der Waals surface area contributed by atoms with Gasteiger partial charge in [-0.25, -0.2) is 0 Å². The minimum atomic E-state index is -0.210. The SMILES string of the molecule is CC(Cc1ccsc1)NC(=O)c1ccccc1C(=O)c1cccs1. The molecule has 1 unspecified atom stereocenters. The maximum Gasteiger partial charge on any atom is 0.252 e. The van der Waals surface area contributed by atoms with Gasteiger partial charge >= 0.3 is 0 Å². The summed E-state index contributed by atoms with van der Waals surface area (Å²) in [6.45, 7) is 1.97. The van der Waals surface area contributed by atoms with Crippen molar-refractivity contribution in [1.82, 2.24) is 5.32 Å². The third-order valence-electron chi connectivity index (χ3n) is 3.66. The molecule has 0 aliphatic rings. The highest BCUT2D eigenvalue weighted by atomic mass is 32.1. The lowest BCUT2D eigenvalue weighted by molar-refractivity contribution is 0.0930. The van der Waals surface area contributed by atoms with E-state index in [2.05, 4.69) is 16.8 Å². The zero-order chi connectivity index (χ0) is 16.9. The molecule has 3 aromatic rings. The number of benzene rings is 1. The maximum atomic E-state index is 12.6. The van der Waals surface area contributed by atoms with Crippen LogP contribution in [0.25, 0.3) is 0 Å². The van der Waals surface area contributed by atoms with Gasteiger partial charge in [-0.15, -0.1) is 11.3 Å². The number of hydrogen-bond donors (Lipinski definition) is 1. The molecule has 0 saturated carbocycles. The highest BCUT2D eigenvalue weighted by Crippen LogP contribution is 2.18. The van der Waals surface area contributed by atoms with E-state index in [-0.39, 0.29) is 17.7 Å². The van der Waals surface area contributed by atoms with Crippen molar-refractivity contribution in [3.05, 3.63) is 80.2 Å². The van der Waals surface area contributed by atoms with Gasteiger partial charge in [0.2, 0.25) is 5.78 Å². The average Bonchev–Trinajstić information content (AvgIpc) is 3.27. The molecule has 1 aromatic carbocycles. The van der Waals surface area contributed by atoms with E-state index in [1.165, 1.54) is 16.9 Å². The van der Waals surface area contributed by atoms with Gasteiger partial charge < -0.3 is 5.32 Å². The van der Waals surface area contributed by atoms with Gasteiger partial charge in [0.25, 0.3) is 5.91 Å². The molecule has 3 nitrogen and oxygen atoms in total. The number of carbonyl (C=O) groups is 2. The van der Waals surface area contributed by atoms with Crippen LogP contribution >= 0.6 is 22.7 Å². The minimum absolute atomic E-state index is 0.00278. The highest BCUT2D eigenvalue weighted by Gasteiger charge is 2.19. The molecule has 2 aromatic heterocycles. The van der Waals surface area contributed by atoms with Crippen LogP contribution in [0, 0.1) is 0 Å². The number of nitrogens with one attached hydrogen (secondary N) is 1. The van der Waals surface area contributed by atoms with E-state index < -0.39 is 0 Å². The van der Waals surface area contributed by atoms with Crippen LogP contribution in [-0.2, 0) is 6.42 Å². The van der Waals surface area contributed by atoms with Crippen molar-refractivity contribution >= 4 is 34.4 Å². The summed E-state index contributed by atoms with van der Waals surface area (Å²) in [5.74, 6) is -0.320. The Balaban J connectivity index is 1.76. The first-order chi connectivity index (χ1) is 11.6. The minimum Gasteiger partial charge on any atom is -0.349 e. The van der Waals surface area contributed by atoms with Crippen LogP contribution in [-0.4, -0.2) is 17.7 Å². The molecule has 0 aliphatic heterocycles. The first-order valence-electron chi connectivity index (χ1n) is 7.64. The summed E-state index contributed by atoms with van der Waals surface area (Å²) >= 11 is 3.03. The molecule has 0 fully saturated rings. The highest BCUT2D eigenvalue weighted by molar-refractivity contribution is 7.12. The van der Waals surface area contributed by atoms with Crippen LogP contribution in [0.5, 0.6) is 0 Å². The molecule has 1 amide bonds. The molecule has 0 spiro atoms. The molecular formula is C19H17NO2S2. The molecule has 24 heavy (non-hydrogen) atoms. The number of rotatable bonds is 6. The lowest BCUT2D eigenvalue weighted by Gasteiger charge is -2.15. The van der Waals surface area contributed by atoms with Gasteiger partial charge in [0.15, 0.2) is 0 Å². The van der Waals surface area contributed by atoms with Crippen molar-refractivity contribution in [3.63, 3.8) is 0 Å². The predicted molar refractivity (Wildman–Crippen MR) is 99.1 cm³/mol. The molecule has 2 heterocycles. The molecule has 0 radical (unpaired) electrons. The molecule has 1 atom stereocenters. The molecule has 0 saturated heterocycles. The summed E-state index contributed by atoms with van der Waals surface area (Å²) in [7, 11) is 0. The Kier molecular flexibility index (Phi) is 5.23. The molecular weight excluding hydrogens is 338 g/mol. The molecule has 122 valence electrons. The Morgan fingerprint density at radius 3 is 2.50 bits per heavy atom. The lowest BCUT2D eigenvalue weighted by atomic mass is 10.0. The second-order valence-electron chi connectivity index (χ2n) is 5.56. The van der Waals surface area contributed by atoms with Crippen LogP contribution in [0.15, 0.2) is 58.6 Å². The predicted octanol–water partition coefficient (Wildman–Crippen LogP) is 4.40. The molecule has 0 bridgehead atoms. The fraction of sp³-hybridized carbons (Fsp3) is 0.158. The van der Waals surface area contributed by atoms with Crippen molar-refractivity contribution in [3.8, 4) is 0 Å². The van der Waals surface area contributed by atoms with Gasteiger partial charge in [-0.1, -0.05) is 24.3 Å². The Bertz CT molecular complexity index is 823. The van der Waals surface area contributed by atoms with Crippen LogP contribution in [0.1, 0.15) is 38.1 Å². The standard InChI is InChI=1S/C19H17NO2S2/c1-13(11-14-8-10-23-12-14)20-19(22)16-6-3-2-5-15(16)18(21)17-7-4-9-24-17/h2-10,12-13H,11H2,1H3,(H,20,22). The van der Waals surface area contributed by atoms with Gasteiger partial charge in [-0.3, -0.25) is 9.59 Å². The Labute approximate surface area is 149 Å². The van der Waals surface area contributed by atoms with Crippen LogP contribution in [0.4, 0.5) is 0 Å². The molecule has 0 aliphatic carbocycles. The second kappa shape index (κ2) is 7.55. The third kappa shape index (κ3) is 3.80. The summed E-state index contributed by atoms with van der Waals surface area (Å²) in [6, 6.07) is 12.6. The monoisotopic (exact) mass is 355 g/mol. The number of amides is 1. The zero-order valence-corrected chi connectivity index (χ0v) is 14.8. The van der Waals surface area contributed by atoms with Gasteiger partial charge in [-0.2, -0.15) is 11.3 Å². The Hall–Kier alpha value is -2.24. The summed E-state index contributed by atoms with van der Waals surface area (Å²) < 4.78 is 0. The van der Waals surface area contributed by atoms with E-state index in [0.29, 0.717) is 16.0 Å². The molecule has 5 heteroatoms. The first kappa shape index (κ1) is 16.6. The topological polar surface area (TPSA) is 46.2 Å². The van der Waals surface area contributed by atoms with E-state index in [4.69, 9.17) is 0 Å². The lowest BCUT2D eigenvalue weighted by Crippen LogP contribution is -2.34. The number of carbonyl (C=O) groups excluding carboxylic acids is 2. The maximum absolute atomic E-state index is 12.6. The fourth-order valence-electron chi connectivity index (χ4n) is 2.53. The summed E-state index contributed by atoms with van der Waals surface area (Å²) in [5.41, 5.74) is 2.07. The van der Waals surface area contributed by atoms with Crippen molar-refractivity contribution in [2.75, 3.05) is 0 Å². The van der Waals surface area contributed by atoms with Gasteiger partial charge in [-0.05, 0) is 53.2 Å². The van der Waals surface area contributed by atoms with Crippen molar-refractivity contribution in [2.24, 2.45) is 0 Å². The van der Waals surface area contributed by atoms with E-state index in [1.807, 2.05) is 23.8 Å². The quantitative estimate of drug-likeness (QED) is 0.666. The van der Waals surface area contributed by atoms with Crippen molar-refractivity contribution in [1.29, 1.82) is 0 Å². The first-order valence-corrected chi connectivity index (χ1v) is 9.46. The van der Waals surface area contributed by atoms with Crippen LogP contribution < -0.4 is 5.32 Å². The number of hydrogen-bond acceptors (Lipinski definition) is 4. The van der Waals surface area contributed by atoms with Crippen LogP contribution in [0.3, 0.4) is 0 Å². The van der Waals surface area contributed by atoms with Crippen molar-refractivity contribution in [2.45, 2.75) is 19.4 Å². The van der Waals surface area contributed by atoms with E-state index in [0.717, 1.165) is 6.42 Å². The fourth-order valence-corrected chi connectivity index (χ4v) is 3.89. The summed E-state index contributed by atoms with van der Waals surface area (Å²) in [5, 5.41) is 8.96. The molecule has 1 N–H and O–H groups in total. The summed E-state index contributed by atoms with van der Waals surface area (Å²) in [4.78, 5) is 25.9. The van der Waals surface area contributed by atoms with E-state index >= 15 is 0 Å². The van der Waals surface area contributed by atoms with Gasteiger partial charge in [0, 0.05) is 11.6 Å². The van der Waals surface area contributed by atoms with Crippen molar-refractivity contribution < 1.29 is 9.59 Å². The van der Waals surface area contributed by atoms with Gasteiger partial charge in [0.1, 0.15) is 0 Å². The van der Waals surface area contributed by atoms with Gasteiger partial charge in [0.05, 0.1) is 10.4 Å². The summed E-state index contributed by atoms with van der Waals surface area (Å²) in [6.07, 6.45) is 0.774. The second-order valence-corrected chi connectivity index (χ2v) is 7.29. The van der Waals surface area contributed by atoms with Crippen LogP contribution in [0.2, 0.25) is 0 Å². The average molecular weight is 355 g/mol. The smallest absolute Gasteiger partial charge is 0.252 e. The zero-order valence-electron chi connectivity index (χ0n) is 13.2. The Morgan fingerprint density at radius 2 is 1.83 bits per heavy atom.